The molecule has 2 aromatic carbocycles. The van der Waals surface area contributed by atoms with Crippen molar-refractivity contribution in [1.82, 2.24) is 25.3 Å². The SMILES string of the molecule is CCN(CC)C(=O)N(C1CCCCC1)C1CC2CCC(C1)N2C(=O)[C@@H](Cc1ccc(Cl)cc1)NCC1Cc2ccccc2CN1.Cl. The first-order valence-corrected chi connectivity index (χ1v) is 18.0. The van der Waals surface area contributed by atoms with E-state index in [1.54, 1.807) is 0 Å². The number of piperidine rings is 1. The van der Waals surface area contributed by atoms with Crippen molar-refractivity contribution in [2.75, 3.05) is 19.6 Å². The van der Waals surface area contributed by atoms with Crippen molar-refractivity contribution in [3.8, 4) is 0 Å². The van der Waals surface area contributed by atoms with Gasteiger partial charge in [-0.25, -0.2) is 4.79 Å². The smallest absolute Gasteiger partial charge is 0.320 e. The first kappa shape index (κ1) is 35.0. The molecule has 9 heteroatoms. The van der Waals surface area contributed by atoms with Gasteiger partial charge in [-0.3, -0.25) is 4.79 Å². The summed E-state index contributed by atoms with van der Waals surface area (Å²) in [5, 5.41) is 8.12. The third kappa shape index (κ3) is 7.86. The molecule has 3 fully saturated rings. The Morgan fingerprint density at radius 2 is 1.57 bits per heavy atom. The van der Waals surface area contributed by atoms with Crippen molar-refractivity contribution < 1.29 is 9.59 Å². The average molecular weight is 671 g/mol. The number of nitrogens with one attached hydrogen (secondary N) is 2. The largest absolute Gasteiger partial charge is 0.335 e. The lowest BCUT2D eigenvalue weighted by atomic mass is 9.89. The molecule has 4 atom stereocenters. The van der Waals surface area contributed by atoms with Crippen LogP contribution < -0.4 is 10.6 Å². The second-order valence-corrected chi connectivity index (χ2v) is 14.2. The Morgan fingerprint density at radius 1 is 0.913 bits per heavy atom. The monoisotopic (exact) mass is 669 g/mol. The van der Waals surface area contributed by atoms with Crippen LogP contribution in [0.3, 0.4) is 0 Å². The number of halogens is 2. The van der Waals surface area contributed by atoms with Gasteiger partial charge in [-0.1, -0.05) is 67.3 Å². The standard InChI is InChI=1S/C37H52ClN5O2.ClH/c1-3-41(4-2)37(45)43(31-12-6-5-7-13-31)34-22-32-18-19-33(23-34)42(32)36(44)35(20-26-14-16-29(38)17-15-26)40-25-30-21-27-10-8-9-11-28(27)24-39-30;/h8-11,14-17,30-35,39-40H,3-7,12-13,18-25H2,1-2H3;1H/t30?,32?,33?,34?,35-;/m1./s1. The lowest BCUT2D eigenvalue weighted by Crippen LogP contribution is -2.61. The van der Waals surface area contributed by atoms with E-state index in [4.69, 9.17) is 11.6 Å². The first-order chi connectivity index (χ1) is 21.9. The van der Waals surface area contributed by atoms with Crippen molar-refractivity contribution in [2.45, 2.75) is 127 Å². The third-order valence-corrected chi connectivity index (χ3v) is 11.3. The minimum Gasteiger partial charge on any atom is -0.335 e. The molecule has 0 aromatic heterocycles. The van der Waals surface area contributed by atoms with E-state index in [0.29, 0.717) is 17.5 Å². The molecule has 4 aliphatic rings. The van der Waals surface area contributed by atoms with E-state index in [2.05, 4.69) is 58.5 Å². The maximum absolute atomic E-state index is 14.5. The van der Waals surface area contributed by atoms with Crippen molar-refractivity contribution >= 4 is 35.9 Å². The number of hydrogen-bond donors (Lipinski definition) is 2. The average Bonchev–Trinajstić information content (AvgIpc) is 3.33. The van der Waals surface area contributed by atoms with Gasteiger partial charge in [0.1, 0.15) is 0 Å². The topological polar surface area (TPSA) is 67.9 Å². The minimum absolute atomic E-state index is 0. The molecule has 7 nitrogen and oxygen atoms in total. The molecule has 2 N–H and O–H groups in total. The Kier molecular flexibility index (Phi) is 12.3. The van der Waals surface area contributed by atoms with Gasteiger partial charge in [0.2, 0.25) is 5.91 Å². The predicted molar refractivity (Wildman–Crippen MR) is 189 cm³/mol. The molecule has 0 spiro atoms. The van der Waals surface area contributed by atoms with Crippen molar-refractivity contribution in [2.24, 2.45) is 0 Å². The van der Waals surface area contributed by atoms with E-state index in [9.17, 15) is 9.59 Å². The molecular formula is C37H53Cl2N5O2. The van der Waals surface area contributed by atoms with Gasteiger partial charge < -0.3 is 25.3 Å². The van der Waals surface area contributed by atoms with E-state index in [-0.39, 0.29) is 54.6 Å². The fraction of sp³-hybridized carbons (Fsp3) is 0.622. The number of carbonyl (C=O) groups excluding carboxylic acids is 2. The zero-order valence-corrected chi connectivity index (χ0v) is 29.2. The predicted octanol–water partition coefficient (Wildman–Crippen LogP) is 6.60. The van der Waals surface area contributed by atoms with Crippen molar-refractivity contribution in [1.29, 1.82) is 0 Å². The third-order valence-electron chi connectivity index (χ3n) is 11.0. The molecule has 3 unspecified atom stereocenters. The van der Waals surface area contributed by atoms with Gasteiger partial charge in [0.25, 0.3) is 0 Å². The molecule has 2 bridgehead atoms. The number of carbonyl (C=O) groups is 2. The van der Waals surface area contributed by atoms with Gasteiger partial charge in [0.15, 0.2) is 0 Å². The van der Waals surface area contributed by atoms with Crippen LogP contribution in [0.25, 0.3) is 0 Å². The summed E-state index contributed by atoms with van der Waals surface area (Å²) in [4.78, 5) is 35.0. The van der Waals surface area contributed by atoms with Crippen LogP contribution in [0.1, 0.15) is 88.3 Å². The van der Waals surface area contributed by atoms with Gasteiger partial charge in [0.05, 0.1) is 6.04 Å². The van der Waals surface area contributed by atoms with Crippen LogP contribution >= 0.6 is 24.0 Å². The van der Waals surface area contributed by atoms with Crippen molar-refractivity contribution in [3.63, 3.8) is 0 Å². The van der Waals surface area contributed by atoms with E-state index in [1.807, 2.05) is 29.2 Å². The van der Waals surface area contributed by atoms with Crippen LogP contribution in [-0.2, 0) is 24.2 Å². The quantitative estimate of drug-likeness (QED) is 0.299. The summed E-state index contributed by atoms with van der Waals surface area (Å²) in [6, 6.07) is 17.6. The molecule has 1 aliphatic carbocycles. The molecular weight excluding hydrogens is 617 g/mol. The normalized spacial score (nSPS) is 24.9. The maximum atomic E-state index is 14.5. The molecule has 2 saturated heterocycles. The number of nitrogens with zero attached hydrogens (tertiary/aromatic N) is 3. The van der Waals surface area contributed by atoms with Gasteiger partial charge >= 0.3 is 6.03 Å². The van der Waals surface area contributed by atoms with Gasteiger partial charge in [-0.15, -0.1) is 12.4 Å². The van der Waals surface area contributed by atoms with Crippen LogP contribution in [0.4, 0.5) is 4.79 Å². The number of amides is 3. The molecule has 2 aromatic rings. The molecule has 1 saturated carbocycles. The van der Waals surface area contributed by atoms with Crippen molar-refractivity contribution in [3.05, 3.63) is 70.2 Å². The van der Waals surface area contributed by atoms with E-state index < -0.39 is 0 Å². The van der Waals surface area contributed by atoms with E-state index in [1.165, 1.54) is 30.4 Å². The van der Waals surface area contributed by atoms with Gasteiger partial charge in [-0.05, 0) is 94.0 Å². The minimum atomic E-state index is -0.309. The first-order valence-electron chi connectivity index (χ1n) is 17.6. The molecule has 6 rings (SSSR count). The molecule has 252 valence electrons. The van der Waals surface area contributed by atoms with Gasteiger partial charge in [-0.2, -0.15) is 0 Å². The summed E-state index contributed by atoms with van der Waals surface area (Å²) in [5.74, 6) is 0.214. The highest BCUT2D eigenvalue weighted by molar-refractivity contribution is 6.30. The molecule has 0 radical (unpaired) electrons. The molecule has 3 heterocycles. The van der Waals surface area contributed by atoms with Crippen LogP contribution in [0.15, 0.2) is 48.5 Å². The number of rotatable bonds is 10. The van der Waals surface area contributed by atoms with Crippen LogP contribution in [0, 0.1) is 0 Å². The molecule has 46 heavy (non-hydrogen) atoms. The Bertz CT molecular complexity index is 1280. The zero-order chi connectivity index (χ0) is 31.3. The lowest BCUT2D eigenvalue weighted by Gasteiger charge is -2.48. The highest BCUT2D eigenvalue weighted by Gasteiger charge is 2.48. The van der Waals surface area contributed by atoms with Crippen LogP contribution in [0.2, 0.25) is 5.02 Å². The van der Waals surface area contributed by atoms with Crippen LogP contribution in [-0.4, -0.2) is 82.5 Å². The Hall–Kier alpha value is -2.32. The Morgan fingerprint density at radius 3 is 2.22 bits per heavy atom. The summed E-state index contributed by atoms with van der Waals surface area (Å²) < 4.78 is 0. The summed E-state index contributed by atoms with van der Waals surface area (Å²) in [6.07, 6.45) is 11.3. The molecule has 3 aliphatic heterocycles. The summed E-state index contributed by atoms with van der Waals surface area (Å²) in [5.41, 5.74) is 3.87. The Balaban J connectivity index is 0.00000417. The number of hydrogen-bond acceptors (Lipinski definition) is 4. The van der Waals surface area contributed by atoms with Gasteiger partial charge in [0, 0.05) is 61.4 Å². The second kappa shape index (κ2) is 16.2. The molecule has 3 amide bonds. The summed E-state index contributed by atoms with van der Waals surface area (Å²) >= 11 is 6.21. The number of fused-ring (bicyclic) bond motifs is 3. The summed E-state index contributed by atoms with van der Waals surface area (Å²) in [6.45, 7) is 7.24. The van der Waals surface area contributed by atoms with E-state index >= 15 is 0 Å². The number of benzene rings is 2. The fourth-order valence-corrected chi connectivity index (χ4v) is 8.72. The second-order valence-electron chi connectivity index (χ2n) is 13.8. The Labute approximate surface area is 287 Å². The highest BCUT2D eigenvalue weighted by atomic mass is 35.5. The highest BCUT2D eigenvalue weighted by Crippen LogP contribution is 2.40. The van der Waals surface area contributed by atoms with E-state index in [0.717, 1.165) is 76.7 Å². The fourth-order valence-electron chi connectivity index (χ4n) is 8.60. The lowest BCUT2D eigenvalue weighted by molar-refractivity contribution is -0.139. The zero-order valence-electron chi connectivity index (χ0n) is 27.6. The number of urea groups is 1. The maximum Gasteiger partial charge on any atom is 0.320 e. The summed E-state index contributed by atoms with van der Waals surface area (Å²) in [7, 11) is 0. The van der Waals surface area contributed by atoms with Crippen LogP contribution in [0.5, 0.6) is 0 Å².